The van der Waals surface area contributed by atoms with Gasteiger partial charge >= 0.3 is 5.97 Å². The zero-order chi connectivity index (χ0) is 20.0. The number of benzene rings is 1. The SMILES string of the molecule is CN(Cc1c(F)cccc1Cl)C(=O)CN1CCCC(N(C)CC(=O)O)CC1. The molecule has 1 aromatic rings. The summed E-state index contributed by atoms with van der Waals surface area (Å²) in [4.78, 5) is 28.9. The largest absolute Gasteiger partial charge is 0.480 e. The van der Waals surface area contributed by atoms with Crippen LogP contribution in [0.1, 0.15) is 24.8 Å². The molecule has 1 aliphatic rings. The molecule has 1 atom stereocenters. The molecule has 27 heavy (non-hydrogen) atoms. The maximum Gasteiger partial charge on any atom is 0.317 e. The van der Waals surface area contributed by atoms with Crippen LogP contribution in [0.3, 0.4) is 0 Å². The molecule has 1 fully saturated rings. The van der Waals surface area contributed by atoms with Crippen molar-refractivity contribution in [1.29, 1.82) is 0 Å². The Morgan fingerprint density at radius 1 is 1.30 bits per heavy atom. The van der Waals surface area contributed by atoms with Crippen molar-refractivity contribution in [2.45, 2.75) is 31.8 Å². The lowest BCUT2D eigenvalue weighted by molar-refractivity contribution is -0.138. The number of rotatable bonds is 7. The average molecular weight is 400 g/mol. The van der Waals surface area contributed by atoms with Crippen LogP contribution in [0.25, 0.3) is 0 Å². The molecule has 0 spiro atoms. The second kappa shape index (κ2) is 10.0. The minimum atomic E-state index is -0.831. The zero-order valence-corrected chi connectivity index (χ0v) is 16.6. The molecule has 2 rings (SSSR count). The number of carboxylic acid groups (broad SMARTS) is 1. The molecule has 0 bridgehead atoms. The Bertz CT molecular complexity index is 653. The summed E-state index contributed by atoms with van der Waals surface area (Å²) in [5.74, 6) is -1.34. The number of hydrogen-bond acceptors (Lipinski definition) is 4. The van der Waals surface area contributed by atoms with Gasteiger partial charge in [0, 0.05) is 36.8 Å². The second-order valence-corrected chi connectivity index (χ2v) is 7.53. The number of carboxylic acids is 1. The normalized spacial score (nSPS) is 18.3. The van der Waals surface area contributed by atoms with Crippen molar-refractivity contribution in [2.75, 3.05) is 40.3 Å². The number of amides is 1. The highest BCUT2D eigenvalue weighted by molar-refractivity contribution is 6.31. The first-order valence-electron chi connectivity index (χ1n) is 9.09. The molecule has 150 valence electrons. The molecular formula is C19H27ClFN3O3. The third kappa shape index (κ3) is 6.45. The van der Waals surface area contributed by atoms with Crippen LogP contribution >= 0.6 is 11.6 Å². The van der Waals surface area contributed by atoms with E-state index in [4.69, 9.17) is 16.7 Å². The summed E-state index contributed by atoms with van der Waals surface area (Å²) in [5.41, 5.74) is 0.321. The highest BCUT2D eigenvalue weighted by atomic mass is 35.5. The lowest BCUT2D eigenvalue weighted by Gasteiger charge is -2.26. The van der Waals surface area contributed by atoms with Gasteiger partial charge in [-0.05, 0) is 45.0 Å². The number of aliphatic carboxylic acids is 1. The molecule has 6 nitrogen and oxygen atoms in total. The molecule has 1 amide bonds. The molecule has 1 saturated heterocycles. The van der Waals surface area contributed by atoms with Crippen LogP contribution in [0.4, 0.5) is 4.39 Å². The standard InChI is InChI=1S/C19H27ClFN3O3/c1-22(13-19(26)27)14-5-4-9-24(10-8-14)12-18(25)23(2)11-15-16(20)6-3-7-17(15)21/h3,6-7,14H,4-5,8-13H2,1-2H3,(H,26,27). The van der Waals surface area contributed by atoms with Gasteiger partial charge in [-0.2, -0.15) is 0 Å². The van der Waals surface area contributed by atoms with Gasteiger partial charge in [0.15, 0.2) is 0 Å². The van der Waals surface area contributed by atoms with Crippen LogP contribution in [-0.2, 0) is 16.1 Å². The number of carbonyl (C=O) groups excluding carboxylic acids is 1. The lowest BCUT2D eigenvalue weighted by Crippen LogP contribution is -2.40. The summed E-state index contributed by atoms with van der Waals surface area (Å²) in [6.07, 6.45) is 2.64. The van der Waals surface area contributed by atoms with Crippen LogP contribution in [0.2, 0.25) is 5.02 Å². The van der Waals surface area contributed by atoms with E-state index >= 15 is 0 Å². The molecule has 8 heteroatoms. The van der Waals surface area contributed by atoms with E-state index in [0.29, 0.717) is 10.6 Å². The summed E-state index contributed by atoms with van der Waals surface area (Å²) < 4.78 is 13.9. The molecule has 1 aliphatic heterocycles. The van der Waals surface area contributed by atoms with Gasteiger partial charge < -0.3 is 10.0 Å². The van der Waals surface area contributed by atoms with Gasteiger partial charge in [0.2, 0.25) is 5.91 Å². The van der Waals surface area contributed by atoms with E-state index in [0.717, 1.165) is 32.4 Å². The Kier molecular flexibility index (Phi) is 8.01. The predicted molar refractivity (Wildman–Crippen MR) is 102 cm³/mol. The van der Waals surface area contributed by atoms with E-state index in [9.17, 15) is 14.0 Å². The molecule has 1 N–H and O–H groups in total. The molecule has 1 aromatic carbocycles. The van der Waals surface area contributed by atoms with Crippen LogP contribution < -0.4 is 0 Å². The Labute approximate surface area is 164 Å². The van der Waals surface area contributed by atoms with Gasteiger partial charge in [0.25, 0.3) is 0 Å². The lowest BCUT2D eigenvalue weighted by atomic mass is 10.1. The van der Waals surface area contributed by atoms with Crippen molar-refractivity contribution in [3.8, 4) is 0 Å². The van der Waals surface area contributed by atoms with Crippen molar-refractivity contribution >= 4 is 23.5 Å². The molecule has 0 radical (unpaired) electrons. The fourth-order valence-corrected chi connectivity index (χ4v) is 3.62. The van der Waals surface area contributed by atoms with Crippen molar-refractivity contribution in [3.63, 3.8) is 0 Å². The molecule has 1 heterocycles. The third-order valence-corrected chi connectivity index (χ3v) is 5.39. The Hall–Kier alpha value is -1.70. The van der Waals surface area contributed by atoms with E-state index in [1.807, 2.05) is 11.9 Å². The molecule has 0 aromatic heterocycles. The summed E-state index contributed by atoms with van der Waals surface area (Å²) in [6, 6.07) is 4.69. The van der Waals surface area contributed by atoms with Gasteiger partial charge in [-0.15, -0.1) is 0 Å². The smallest absolute Gasteiger partial charge is 0.317 e. The average Bonchev–Trinajstić information content (AvgIpc) is 2.83. The number of likely N-dealkylation sites (N-methyl/N-ethyl adjacent to an activating group) is 2. The number of likely N-dealkylation sites (tertiary alicyclic amines) is 1. The van der Waals surface area contributed by atoms with E-state index in [2.05, 4.69) is 4.90 Å². The Morgan fingerprint density at radius 3 is 2.70 bits per heavy atom. The predicted octanol–water partition coefficient (Wildman–Crippen LogP) is 2.31. The molecular weight excluding hydrogens is 373 g/mol. The first-order chi connectivity index (χ1) is 12.8. The number of carbonyl (C=O) groups is 2. The van der Waals surface area contributed by atoms with Gasteiger partial charge in [-0.1, -0.05) is 17.7 Å². The maximum atomic E-state index is 13.9. The first-order valence-corrected chi connectivity index (χ1v) is 9.47. The zero-order valence-electron chi connectivity index (χ0n) is 15.8. The number of hydrogen-bond donors (Lipinski definition) is 1. The second-order valence-electron chi connectivity index (χ2n) is 7.12. The van der Waals surface area contributed by atoms with Gasteiger partial charge in [0.05, 0.1) is 13.1 Å². The number of nitrogens with zero attached hydrogens (tertiary/aromatic N) is 3. The summed E-state index contributed by atoms with van der Waals surface area (Å²) in [6.45, 7) is 1.93. The molecule has 0 aliphatic carbocycles. The minimum absolute atomic E-state index is 0.0235. The monoisotopic (exact) mass is 399 g/mol. The topological polar surface area (TPSA) is 64.1 Å². The van der Waals surface area contributed by atoms with E-state index in [1.54, 1.807) is 13.1 Å². The first kappa shape index (κ1) is 21.6. The Morgan fingerprint density at radius 2 is 2.04 bits per heavy atom. The quantitative estimate of drug-likeness (QED) is 0.762. The van der Waals surface area contributed by atoms with Crippen LogP contribution in [-0.4, -0.2) is 78.0 Å². The van der Waals surface area contributed by atoms with Gasteiger partial charge in [-0.3, -0.25) is 19.4 Å². The highest BCUT2D eigenvalue weighted by Crippen LogP contribution is 2.21. The van der Waals surface area contributed by atoms with Crippen molar-refractivity contribution < 1.29 is 19.1 Å². The summed E-state index contributed by atoms with van der Waals surface area (Å²) in [7, 11) is 3.47. The van der Waals surface area contributed by atoms with Gasteiger partial charge in [-0.25, -0.2) is 4.39 Å². The molecule has 1 unspecified atom stereocenters. The van der Waals surface area contributed by atoms with Crippen molar-refractivity contribution in [3.05, 3.63) is 34.6 Å². The van der Waals surface area contributed by atoms with Crippen LogP contribution in [0.5, 0.6) is 0 Å². The number of halogens is 2. The highest BCUT2D eigenvalue weighted by Gasteiger charge is 2.24. The van der Waals surface area contributed by atoms with Crippen LogP contribution in [0.15, 0.2) is 18.2 Å². The van der Waals surface area contributed by atoms with E-state index in [1.165, 1.54) is 17.0 Å². The van der Waals surface area contributed by atoms with E-state index < -0.39 is 11.8 Å². The third-order valence-electron chi connectivity index (χ3n) is 5.04. The molecule has 0 saturated carbocycles. The summed E-state index contributed by atoms with van der Waals surface area (Å²) in [5, 5.41) is 9.25. The van der Waals surface area contributed by atoms with E-state index in [-0.39, 0.29) is 31.6 Å². The summed E-state index contributed by atoms with van der Waals surface area (Å²) >= 11 is 6.04. The fraction of sp³-hybridized carbons (Fsp3) is 0.579. The van der Waals surface area contributed by atoms with Crippen molar-refractivity contribution in [1.82, 2.24) is 14.7 Å². The fourth-order valence-electron chi connectivity index (χ4n) is 3.40. The maximum absolute atomic E-state index is 13.9. The van der Waals surface area contributed by atoms with Crippen molar-refractivity contribution in [2.24, 2.45) is 0 Å². The van der Waals surface area contributed by atoms with Gasteiger partial charge in [0.1, 0.15) is 5.82 Å². The van der Waals surface area contributed by atoms with Crippen LogP contribution in [0, 0.1) is 5.82 Å². The Balaban J connectivity index is 1.87. The minimum Gasteiger partial charge on any atom is -0.480 e.